The van der Waals surface area contributed by atoms with Crippen molar-refractivity contribution in [1.29, 1.82) is 0 Å². The quantitative estimate of drug-likeness (QED) is 0.376. The Kier molecular flexibility index (Phi) is 5.08. The average molecular weight is 347 g/mol. The molecular formula is C21H17NO4. The molecule has 5 heteroatoms. The number of benzene rings is 3. The highest BCUT2D eigenvalue weighted by atomic mass is 16.6. The van der Waals surface area contributed by atoms with E-state index in [4.69, 9.17) is 4.74 Å². The number of nitro groups is 1. The maximum Gasteiger partial charge on any atom is 0.339 e. The van der Waals surface area contributed by atoms with Crippen LogP contribution in [-0.4, -0.2) is 10.9 Å². The summed E-state index contributed by atoms with van der Waals surface area (Å²) < 4.78 is 5.74. The molecule has 3 rings (SSSR count). The van der Waals surface area contributed by atoms with Gasteiger partial charge in [0.05, 0.1) is 10.5 Å². The Morgan fingerprint density at radius 2 is 1.46 bits per heavy atom. The first-order valence-corrected chi connectivity index (χ1v) is 8.11. The van der Waals surface area contributed by atoms with E-state index in [1.54, 1.807) is 0 Å². The van der Waals surface area contributed by atoms with Gasteiger partial charge >= 0.3 is 5.97 Å². The van der Waals surface area contributed by atoms with Gasteiger partial charge in [0, 0.05) is 12.1 Å². The van der Waals surface area contributed by atoms with E-state index >= 15 is 0 Å². The number of esters is 1. The first kappa shape index (κ1) is 17.4. The number of carbonyl (C=O) groups is 1. The minimum atomic E-state index is -0.556. The van der Waals surface area contributed by atoms with Crippen molar-refractivity contribution in [3.8, 4) is 0 Å². The Hall–Kier alpha value is -3.47. The van der Waals surface area contributed by atoms with Gasteiger partial charge < -0.3 is 4.74 Å². The van der Waals surface area contributed by atoms with Gasteiger partial charge in [-0.25, -0.2) is 4.79 Å². The fourth-order valence-corrected chi connectivity index (χ4v) is 2.59. The zero-order valence-corrected chi connectivity index (χ0v) is 14.2. The molecule has 0 heterocycles. The number of hydrogen-bond acceptors (Lipinski definition) is 4. The molecule has 0 N–H and O–H groups in total. The van der Waals surface area contributed by atoms with Crippen LogP contribution in [0.3, 0.4) is 0 Å². The zero-order chi connectivity index (χ0) is 18.5. The molecule has 0 aliphatic heterocycles. The summed E-state index contributed by atoms with van der Waals surface area (Å²) in [5, 5.41) is 10.7. The van der Waals surface area contributed by atoms with E-state index in [-0.39, 0.29) is 11.3 Å². The minimum absolute atomic E-state index is 0.0697. The number of carbonyl (C=O) groups excluding carboxylic acids is 1. The Bertz CT molecular complexity index is 903. The Balaban J connectivity index is 1.89. The summed E-state index contributed by atoms with van der Waals surface area (Å²) in [4.78, 5) is 22.8. The molecule has 3 aromatic carbocycles. The van der Waals surface area contributed by atoms with Crippen molar-refractivity contribution in [3.05, 3.63) is 111 Å². The second-order valence-corrected chi connectivity index (χ2v) is 5.91. The van der Waals surface area contributed by atoms with E-state index in [1.165, 1.54) is 24.3 Å². The molecule has 130 valence electrons. The number of nitro benzene ring substituents is 1. The lowest BCUT2D eigenvalue weighted by molar-refractivity contribution is -0.384. The van der Waals surface area contributed by atoms with Gasteiger partial charge in [0.1, 0.15) is 0 Å². The van der Waals surface area contributed by atoms with Crippen molar-refractivity contribution in [2.24, 2.45) is 0 Å². The van der Waals surface area contributed by atoms with Crippen molar-refractivity contribution in [3.63, 3.8) is 0 Å². The van der Waals surface area contributed by atoms with Crippen LogP contribution in [0.4, 0.5) is 5.69 Å². The van der Waals surface area contributed by atoms with Crippen LogP contribution in [0, 0.1) is 17.0 Å². The lowest BCUT2D eigenvalue weighted by Crippen LogP contribution is -2.13. The Morgan fingerprint density at radius 3 is 2.04 bits per heavy atom. The van der Waals surface area contributed by atoms with Crippen molar-refractivity contribution in [2.45, 2.75) is 13.0 Å². The normalized spacial score (nSPS) is 11.6. The largest absolute Gasteiger partial charge is 0.449 e. The van der Waals surface area contributed by atoms with E-state index < -0.39 is 17.0 Å². The van der Waals surface area contributed by atoms with Gasteiger partial charge in [0.15, 0.2) is 6.10 Å². The van der Waals surface area contributed by atoms with Crippen LogP contribution >= 0.6 is 0 Å². The molecule has 0 spiro atoms. The van der Waals surface area contributed by atoms with Crippen LogP contribution in [-0.2, 0) is 4.74 Å². The van der Waals surface area contributed by atoms with Crippen molar-refractivity contribution < 1.29 is 14.5 Å². The van der Waals surface area contributed by atoms with Gasteiger partial charge in [0.2, 0.25) is 0 Å². The van der Waals surface area contributed by atoms with Crippen molar-refractivity contribution >= 4 is 11.7 Å². The Labute approximate surface area is 151 Å². The first-order chi connectivity index (χ1) is 12.5. The van der Waals surface area contributed by atoms with Crippen molar-refractivity contribution in [1.82, 2.24) is 0 Å². The molecule has 0 unspecified atom stereocenters. The second-order valence-electron chi connectivity index (χ2n) is 5.91. The van der Waals surface area contributed by atoms with Gasteiger partial charge in [-0.3, -0.25) is 10.1 Å². The molecule has 3 aromatic rings. The molecule has 0 saturated heterocycles. The van der Waals surface area contributed by atoms with Crippen LogP contribution in [0.1, 0.15) is 33.2 Å². The van der Waals surface area contributed by atoms with E-state index in [0.717, 1.165) is 16.7 Å². The molecule has 0 radical (unpaired) electrons. The topological polar surface area (TPSA) is 69.4 Å². The summed E-state index contributed by atoms with van der Waals surface area (Å²) in [6.45, 7) is 1.99. The number of ether oxygens (including phenoxy) is 1. The third-order valence-corrected chi connectivity index (χ3v) is 4.02. The second kappa shape index (κ2) is 7.61. The molecule has 0 aliphatic rings. The lowest BCUT2D eigenvalue weighted by atomic mass is 10.0. The summed E-state index contributed by atoms with van der Waals surface area (Å²) in [7, 11) is 0. The maximum atomic E-state index is 12.6. The van der Waals surface area contributed by atoms with E-state index in [2.05, 4.69) is 0 Å². The van der Waals surface area contributed by atoms with Crippen LogP contribution in [0.5, 0.6) is 0 Å². The summed E-state index contributed by atoms with van der Waals surface area (Å²) in [5.74, 6) is -0.533. The fraction of sp³-hybridized carbons (Fsp3) is 0.0952. The van der Waals surface area contributed by atoms with Crippen LogP contribution < -0.4 is 0 Å². The smallest absolute Gasteiger partial charge is 0.339 e. The predicted molar refractivity (Wildman–Crippen MR) is 98.0 cm³/mol. The number of rotatable bonds is 5. The number of hydrogen-bond donors (Lipinski definition) is 0. The standard InChI is InChI=1S/C21H17NO4/c1-15-7-9-17(10-8-15)20(16-5-3-2-4-6-16)26-21(23)18-11-13-19(14-12-18)22(24)25/h2-14,20H,1H3/t20-/m1/s1. The highest BCUT2D eigenvalue weighted by Crippen LogP contribution is 2.27. The average Bonchev–Trinajstić information content (AvgIpc) is 2.67. The molecule has 0 bridgehead atoms. The molecule has 0 aliphatic carbocycles. The highest BCUT2D eigenvalue weighted by Gasteiger charge is 2.20. The molecule has 0 saturated carbocycles. The molecule has 0 fully saturated rings. The highest BCUT2D eigenvalue weighted by molar-refractivity contribution is 5.90. The fourth-order valence-electron chi connectivity index (χ4n) is 2.59. The van der Waals surface area contributed by atoms with Gasteiger partial charge in [-0.1, -0.05) is 60.2 Å². The zero-order valence-electron chi connectivity index (χ0n) is 14.2. The molecule has 0 amide bonds. The van der Waals surface area contributed by atoms with E-state index in [0.29, 0.717) is 0 Å². The van der Waals surface area contributed by atoms with Gasteiger partial charge in [-0.15, -0.1) is 0 Å². The molecule has 26 heavy (non-hydrogen) atoms. The predicted octanol–water partition coefficient (Wildman–Crippen LogP) is 4.85. The van der Waals surface area contributed by atoms with Gasteiger partial charge in [-0.05, 0) is 30.2 Å². The minimum Gasteiger partial charge on any atom is -0.449 e. The third kappa shape index (κ3) is 3.95. The van der Waals surface area contributed by atoms with Crippen LogP contribution in [0.2, 0.25) is 0 Å². The monoisotopic (exact) mass is 347 g/mol. The van der Waals surface area contributed by atoms with Gasteiger partial charge in [-0.2, -0.15) is 0 Å². The van der Waals surface area contributed by atoms with E-state index in [1.807, 2.05) is 61.5 Å². The summed E-state index contributed by atoms with van der Waals surface area (Å²) in [6, 6.07) is 22.6. The maximum absolute atomic E-state index is 12.6. The van der Waals surface area contributed by atoms with Crippen LogP contribution in [0.15, 0.2) is 78.9 Å². The Morgan fingerprint density at radius 1 is 0.885 bits per heavy atom. The molecule has 5 nitrogen and oxygen atoms in total. The van der Waals surface area contributed by atoms with E-state index in [9.17, 15) is 14.9 Å². The summed E-state index contributed by atoms with van der Waals surface area (Å²) in [6.07, 6.45) is -0.556. The number of non-ortho nitro benzene ring substituents is 1. The molecular weight excluding hydrogens is 330 g/mol. The molecule has 1 atom stereocenters. The first-order valence-electron chi connectivity index (χ1n) is 8.11. The molecule has 0 aromatic heterocycles. The van der Waals surface area contributed by atoms with Gasteiger partial charge in [0.25, 0.3) is 5.69 Å². The van der Waals surface area contributed by atoms with Crippen LogP contribution in [0.25, 0.3) is 0 Å². The summed E-state index contributed by atoms with van der Waals surface area (Å²) >= 11 is 0. The number of nitrogens with zero attached hydrogens (tertiary/aromatic N) is 1. The van der Waals surface area contributed by atoms with Crippen molar-refractivity contribution in [2.75, 3.05) is 0 Å². The third-order valence-electron chi connectivity index (χ3n) is 4.02. The SMILES string of the molecule is Cc1ccc([C@H](OC(=O)c2ccc([N+](=O)[O-])cc2)c2ccccc2)cc1. The lowest BCUT2D eigenvalue weighted by Gasteiger charge is -2.19. The number of aryl methyl sites for hydroxylation is 1. The summed E-state index contributed by atoms with van der Waals surface area (Å²) in [5.41, 5.74) is 3.02.